The van der Waals surface area contributed by atoms with E-state index in [1.54, 1.807) is 17.9 Å². The van der Waals surface area contributed by atoms with Gasteiger partial charge in [-0.1, -0.05) is 24.3 Å². The highest BCUT2D eigenvalue weighted by Gasteiger charge is 2.35. The number of halogens is 3. The summed E-state index contributed by atoms with van der Waals surface area (Å²) < 4.78 is 35.0. The molecule has 2 N–H and O–H groups in total. The number of nitrogens with zero attached hydrogens (tertiary/aromatic N) is 3. The van der Waals surface area contributed by atoms with Crippen molar-refractivity contribution in [3.63, 3.8) is 0 Å². The van der Waals surface area contributed by atoms with Gasteiger partial charge in [0.15, 0.2) is 17.5 Å². The molecule has 2 amide bonds. The maximum absolute atomic E-state index is 13.9. The highest BCUT2D eigenvalue weighted by atomic mass is 79.9. The van der Waals surface area contributed by atoms with Gasteiger partial charge >= 0.3 is 6.03 Å². The number of aromatic nitrogens is 2. The Morgan fingerprint density at radius 3 is 2.65 bits per heavy atom. The van der Waals surface area contributed by atoms with Crippen molar-refractivity contribution < 1.29 is 18.3 Å². The van der Waals surface area contributed by atoms with Crippen LogP contribution >= 0.6 is 15.9 Å². The van der Waals surface area contributed by atoms with E-state index in [9.17, 15) is 13.6 Å². The topological polar surface area (TPSA) is 71.4 Å². The van der Waals surface area contributed by atoms with Crippen LogP contribution in [0.3, 0.4) is 0 Å². The number of anilines is 1. The monoisotopic (exact) mass is 533 g/mol. The second-order valence-electron chi connectivity index (χ2n) is 8.23. The number of hydrogen-bond acceptors (Lipinski definition) is 4. The molecule has 34 heavy (non-hydrogen) atoms. The number of aryl methyl sites for hydroxylation is 1. The lowest BCUT2D eigenvalue weighted by molar-refractivity contribution is 0.159. The fourth-order valence-corrected chi connectivity index (χ4v) is 4.55. The number of amides is 2. The molecule has 3 aromatic rings. The molecule has 1 aliphatic rings. The molecule has 0 aliphatic carbocycles. The van der Waals surface area contributed by atoms with Crippen LogP contribution in [0.2, 0.25) is 0 Å². The van der Waals surface area contributed by atoms with Crippen LogP contribution in [0.4, 0.5) is 19.4 Å². The summed E-state index contributed by atoms with van der Waals surface area (Å²) >= 11 is 3.52. The van der Waals surface area contributed by atoms with E-state index in [1.807, 2.05) is 37.3 Å². The third kappa shape index (κ3) is 5.29. The number of carbonyl (C=O) groups excluding carboxylic acids is 1. The Morgan fingerprint density at radius 1 is 1.18 bits per heavy atom. The van der Waals surface area contributed by atoms with Crippen molar-refractivity contribution >= 4 is 27.8 Å². The van der Waals surface area contributed by atoms with Crippen molar-refractivity contribution in [2.45, 2.75) is 18.9 Å². The molecule has 10 heteroatoms. The Hall–Kier alpha value is -2.82. The molecule has 2 heterocycles. The number of carbonyl (C=O) groups is 1. The van der Waals surface area contributed by atoms with Crippen LogP contribution in [0, 0.1) is 18.6 Å². The van der Waals surface area contributed by atoms with E-state index in [0.29, 0.717) is 42.1 Å². The average molecular weight is 534 g/mol. The van der Waals surface area contributed by atoms with E-state index in [0.717, 1.165) is 17.4 Å². The lowest BCUT2D eigenvalue weighted by Crippen LogP contribution is -2.42. The molecule has 0 saturated carbocycles. The van der Waals surface area contributed by atoms with Crippen LogP contribution in [-0.2, 0) is 4.74 Å². The van der Waals surface area contributed by atoms with Crippen molar-refractivity contribution in [1.82, 2.24) is 20.0 Å². The zero-order chi connectivity index (χ0) is 24.2. The second kappa shape index (κ2) is 10.6. The Bertz CT molecular complexity index is 1160. The molecule has 1 saturated heterocycles. The van der Waals surface area contributed by atoms with Gasteiger partial charge in [0.25, 0.3) is 0 Å². The number of para-hydroxylation sites is 1. The lowest BCUT2D eigenvalue weighted by atomic mass is 9.94. The largest absolute Gasteiger partial charge is 0.383 e. The fourth-order valence-electron chi connectivity index (χ4n) is 4.20. The molecule has 7 nitrogen and oxygen atoms in total. The van der Waals surface area contributed by atoms with Crippen LogP contribution in [-0.4, -0.2) is 60.1 Å². The summed E-state index contributed by atoms with van der Waals surface area (Å²) in [5.74, 6) is -1.50. The average Bonchev–Trinajstić information content (AvgIpc) is 3.35. The van der Waals surface area contributed by atoms with Crippen LogP contribution in [0.25, 0.3) is 5.69 Å². The summed E-state index contributed by atoms with van der Waals surface area (Å²) in [5.41, 5.74) is 2.17. The zero-order valence-corrected chi connectivity index (χ0v) is 20.5. The first-order chi connectivity index (χ1) is 16.4. The van der Waals surface area contributed by atoms with E-state index in [1.165, 1.54) is 6.07 Å². The fraction of sp³-hybridized carbons (Fsp3) is 0.333. The number of ether oxygens (including phenoxy) is 1. The number of urea groups is 1. The maximum Gasteiger partial charge on any atom is 0.320 e. The SMILES string of the molecule is COCCN1C[C@@H](NC(=O)Nc2c(Br)c(C)nn2-c2ccccc2)[C@H](c2ccc(F)c(F)c2)C1. The van der Waals surface area contributed by atoms with E-state index in [4.69, 9.17) is 4.74 Å². The van der Waals surface area contributed by atoms with Crippen LogP contribution in [0.15, 0.2) is 53.0 Å². The molecule has 0 radical (unpaired) electrons. The third-order valence-electron chi connectivity index (χ3n) is 5.92. The third-order valence-corrected chi connectivity index (χ3v) is 6.86. The predicted molar refractivity (Wildman–Crippen MR) is 129 cm³/mol. The van der Waals surface area contributed by atoms with Crippen molar-refractivity contribution in [2.75, 3.05) is 38.7 Å². The highest BCUT2D eigenvalue weighted by Crippen LogP contribution is 2.31. The van der Waals surface area contributed by atoms with Crippen LogP contribution < -0.4 is 10.6 Å². The van der Waals surface area contributed by atoms with E-state index in [-0.39, 0.29) is 12.0 Å². The van der Waals surface area contributed by atoms with Gasteiger partial charge in [0, 0.05) is 32.7 Å². The van der Waals surface area contributed by atoms with Gasteiger partial charge in [-0.2, -0.15) is 5.10 Å². The molecule has 4 rings (SSSR count). The molecular formula is C24H26BrF2N5O2. The Labute approximate surface area is 205 Å². The predicted octanol–water partition coefficient (Wildman–Crippen LogP) is 4.46. The number of benzene rings is 2. The molecule has 0 spiro atoms. The second-order valence-corrected chi connectivity index (χ2v) is 9.03. The molecular weight excluding hydrogens is 508 g/mol. The zero-order valence-electron chi connectivity index (χ0n) is 18.9. The first-order valence-electron chi connectivity index (χ1n) is 10.9. The van der Waals surface area contributed by atoms with Gasteiger partial charge < -0.3 is 10.1 Å². The van der Waals surface area contributed by atoms with E-state index < -0.39 is 17.7 Å². The van der Waals surface area contributed by atoms with Gasteiger partial charge in [0.05, 0.1) is 28.5 Å². The van der Waals surface area contributed by atoms with Gasteiger partial charge in [-0.05, 0) is 52.7 Å². The Morgan fingerprint density at radius 2 is 1.94 bits per heavy atom. The molecule has 1 fully saturated rings. The summed E-state index contributed by atoms with van der Waals surface area (Å²) in [6, 6.07) is 12.7. The summed E-state index contributed by atoms with van der Waals surface area (Å²) in [6.07, 6.45) is 0. The van der Waals surface area contributed by atoms with E-state index >= 15 is 0 Å². The van der Waals surface area contributed by atoms with Gasteiger partial charge in [-0.3, -0.25) is 10.2 Å². The smallest absolute Gasteiger partial charge is 0.320 e. The van der Waals surface area contributed by atoms with Crippen molar-refractivity contribution in [2.24, 2.45) is 0 Å². The van der Waals surface area contributed by atoms with Crippen molar-refractivity contribution in [1.29, 1.82) is 0 Å². The van der Waals surface area contributed by atoms with Gasteiger partial charge in [-0.25, -0.2) is 18.3 Å². The molecule has 1 aliphatic heterocycles. The van der Waals surface area contributed by atoms with Gasteiger partial charge in [0.2, 0.25) is 0 Å². The maximum atomic E-state index is 13.9. The highest BCUT2D eigenvalue weighted by molar-refractivity contribution is 9.10. The number of nitrogens with one attached hydrogen (secondary N) is 2. The summed E-state index contributed by atoms with van der Waals surface area (Å²) in [7, 11) is 1.63. The van der Waals surface area contributed by atoms with Gasteiger partial charge in [-0.15, -0.1) is 0 Å². The van der Waals surface area contributed by atoms with E-state index in [2.05, 4.69) is 36.6 Å². The molecule has 0 bridgehead atoms. The molecule has 1 aromatic heterocycles. The lowest BCUT2D eigenvalue weighted by Gasteiger charge is -2.21. The quantitative estimate of drug-likeness (QED) is 0.470. The molecule has 2 atom stereocenters. The normalized spacial score (nSPS) is 18.3. The Balaban J connectivity index is 1.54. The molecule has 180 valence electrons. The van der Waals surface area contributed by atoms with Gasteiger partial charge in [0.1, 0.15) is 0 Å². The minimum absolute atomic E-state index is 0.207. The number of hydrogen-bond donors (Lipinski definition) is 2. The van der Waals surface area contributed by atoms with Crippen LogP contribution in [0.1, 0.15) is 17.2 Å². The minimum atomic E-state index is -0.901. The standard InChI is InChI=1S/C24H26BrF2N5O2/c1-15-22(25)23(32(30-15)17-6-4-3-5-7-17)29-24(33)28-21-14-31(10-11-34-2)13-18(21)16-8-9-19(26)20(27)12-16/h3-9,12,18,21H,10-11,13-14H2,1-2H3,(H2,28,29,33)/t18-,21+/m0/s1. The first-order valence-corrected chi connectivity index (χ1v) is 11.7. The van der Waals surface area contributed by atoms with Crippen molar-refractivity contribution in [3.8, 4) is 5.69 Å². The van der Waals surface area contributed by atoms with Crippen LogP contribution in [0.5, 0.6) is 0 Å². The number of likely N-dealkylation sites (tertiary alicyclic amines) is 1. The summed E-state index contributed by atoms with van der Waals surface area (Å²) in [4.78, 5) is 15.2. The minimum Gasteiger partial charge on any atom is -0.383 e. The summed E-state index contributed by atoms with van der Waals surface area (Å²) in [5, 5.41) is 10.4. The number of rotatable bonds is 7. The molecule has 0 unspecified atom stereocenters. The molecule has 2 aromatic carbocycles. The first kappa shape index (κ1) is 24.3. The number of methoxy groups -OCH3 is 1. The van der Waals surface area contributed by atoms with Crippen molar-refractivity contribution in [3.05, 3.63) is 75.9 Å². The Kier molecular flexibility index (Phi) is 7.60. The summed E-state index contributed by atoms with van der Waals surface area (Å²) in [6.45, 7) is 4.19.